The molecule has 0 radical (unpaired) electrons. The number of rotatable bonds is 5. The number of anilines is 1. The number of nitrogens with one attached hydrogen (secondary N) is 1. The number of halogens is 2. The Hall–Kier alpha value is -1.35. The molecular formula is C17H19BrFN. The minimum atomic E-state index is -0.234. The maximum atomic E-state index is 13.7. The van der Waals surface area contributed by atoms with Gasteiger partial charge in [-0.15, -0.1) is 0 Å². The molecule has 1 atom stereocenters. The van der Waals surface area contributed by atoms with Gasteiger partial charge in [-0.05, 0) is 42.7 Å². The first kappa shape index (κ1) is 15.0. The van der Waals surface area contributed by atoms with Crippen molar-refractivity contribution in [2.24, 2.45) is 0 Å². The second kappa shape index (κ2) is 6.89. The highest BCUT2D eigenvalue weighted by Gasteiger charge is 2.09. The van der Waals surface area contributed by atoms with E-state index < -0.39 is 0 Å². The average Bonchev–Trinajstić information content (AvgIpc) is 2.44. The second-order valence-corrected chi connectivity index (χ2v) is 5.90. The number of benzene rings is 2. The molecule has 0 aliphatic rings. The summed E-state index contributed by atoms with van der Waals surface area (Å²) in [5.41, 5.74) is 3.02. The van der Waals surface area contributed by atoms with Crippen molar-refractivity contribution in [3.05, 3.63) is 63.9 Å². The third-order valence-electron chi connectivity index (χ3n) is 3.32. The summed E-state index contributed by atoms with van der Waals surface area (Å²) in [5.74, 6) is -0.234. The Labute approximate surface area is 128 Å². The van der Waals surface area contributed by atoms with Crippen LogP contribution in [-0.4, -0.2) is 0 Å². The molecule has 0 fully saturated rings. The van der Waals surface area contributed by atoms with E-state index in [9.17, 15) is 4.39 Å². The number of hydrogen-bond acceptors (Lipinski definition) is 1. The Morgan fingerprint density at radius 2 is 1.85 bits per heavy atom. The van der Waals surface area contributed by atoms with E-state index in [0.29, 0.717) is 5.69 Å². The Bertz CT molecular complexity index is 566. The van der Waals surface area contributed by atoms with Crippen molar-refractivity contribution in [1.29, 1.82) is 0 Å². The van der Waals surface area contributed by atoms with Gasteiger partial charge in [-0.2, -0.15) is 0 Å². The van der Waals surface area contributed by atoms with Crippen LogP contribution in [0.25, 0.3) is 0 Å². The number of hydrogen-bond donors (Lipinski definition) is 1. The molecule has 2 aromatic rings. The quantitative estimate of drug-likeness (QED) is 0.737. The highest BCUT2D eigenvalue weighted by Crippen LogP contribution is 2.25. The maximum Gasteiger partial charge on any atom is 0.146 e. The van der Waals surface area contributed by atoms with E-state index in [1.807, 2.05) is 6.92 Å². The Morgan fingerprint density at radius 1 is 1.15 bits per heavy atom. The van der Waals surface area contributed by atoms with E-state index >= 15 is 0 Å². The van der Waals surface area contributed by atoms with Gasteiger partial charge in [-0.1, -0.05) is 53.5 Å². The summed E-state index contributed by atoms with van der Waals surface area (Å²) < 4.78 is 14.6. The van der Waals surface area contributed by atoms with Crippen LogP contribution in [0, 0.1) is 5.82 Å². The standard InChI is InChI=1S/C17H19BrFN/c1-3-4-13-5-7-14(8-6-13)12(2)20-17-11-15(18)9-10-16(17)19/h5-12,20H,3-4H2,1-2H3. The summed E-state index contributed by atoms with van der Waals surface area (Å²) >= 11 is 3.36. The van der Waals surface area contributed by atoms with Gasteiger partial charge in [0.25, 0.3) is 0 Å². The SMILES string of the molecule is CCCc1ccc(C(C)Nc2cc(Br)ccc2F)cc1. The van der Waals surface area contributed by atoms with Crippen LogP contribution in [0.5, 0.6) is 0 Å². The molecule has 20 heavy (non-hydrogen) atoms. The monoisotopic (exact) mass is 335 g/mol. The van der Waals surface area contributed by atoms with Gasteiger partial charge in [-0.3, -0.25) is 0 Å². The van der Waals surface area contributed by atoms with E-state index in [1.54, 1.807) is 12.1 Å². The lowest BCUT2D eigenvalue weighted by Crippen LogP contribution is -2.08. The Balaban J connectivity index is 2.11. The van der Waals surface area contributed by atoms with Crippen LogP contribution in [0.15, 0.2) is 46.9 Å². The van der Waals surface area contributed by atoms with Crippen molar-refractivity contribution >= 4 is 21.6 Å². The number of aryl methyl sites for hydroxylation is 1. The van der Waals surface area contributed by atoms with E-state index in [-0.39, 0.29) is 11.9 Å². The van der Waals surface area contributed by atoms with Gasteiger partial charge in [0.1, 0.15) is 5.82 Å². The van der Waals surface area contributed by atoms with Gasteiger partial charge < -0.3 is 5.32 Å². The Kier molecular flexibility index (Phi) is 5.18. The minimum Gasteiger partial charge on any atom is -0.376 e. The fourth-order valence-corrected chi connectivity index (χ4v) is 2.55. The zero-order valence-electron chi connectivity index (χ0n) is 11.8. The molecule has 0 saturated carbocycles. The van der Waals surface area contributed by atoms with Gasteiger partial charge in [0.15, 0.2) is 0 Å². The van der Waals surface area contributed by atoms with Crippen molar-refractivity contribution in [2.45, 2.75) is 32.7 Å². The minimum absolute atomic E-state index is 0.0643. The molecule has 3 heteroatoms. The molecule has 0 saturated heterocycles. The molecule has 0 aliphatic heterocycles. The van der Waals surface area contributed by atoms with Crippen molar-refractivity contribution < 1.29 is 4.39 Å². The summed E-state index contributed by atoms with van der Waals surface area (Å²) in [6.45, 7) is 4.21. The summed E-state index contributed by atoms with van der Waals surface area (Å²) in [6, 6.07) is 13.5. The average molecular weight is 336 g/mol. The zero-order chi connectivity index (χ0) is 14.5. The van der Waals surface area contributed by atoms with Gasteiger partial charge in [0.2, 0.25) is 0 Å². The normalized spacial score (nSPS) is 12.2. The van der Waals surface area contributed by atoms with E-state index in [4.69, 9.17) is 0 Å². The van der Waals surface area contributed by atoms with Gasteiger partial charge in [0.05, 0.1) is 5.69 Å². The lowest BCUT2D eigenvalue weighted by atomic mass is 10.0. The van der Waals surface area contributed by atoms with Crippen LogP contribution in [-0.2, 0) is 6.42 Å². The molecule has 0 aromatic heterocycles. The van der Waals surface area contributed by atoms with Crippen molar-refractivity contribution in [3.8, 4) is 0 Å². The van der Waals surface area contributed by atoms with Crippen molar-refractivity contribution in [1.82, 2.24) is 0 Å². The molecule has 1 nitrogen and oxygen atoms in total. The molecular weight excluding hydrogens is 317 g/mol. The molecule has 2 rings (SSSR count). The fourth-order valence-electron chi connectivity index (χ4n) is 2.19. The molecule has 106 valence electrons. The van der Waals surface area contributed by atoms with Gasteiger partial charge in [0, 0.05) is 10.5 Å². The maximum absolute atomic E-state index is 13.7. The van der Waals surface area contributed by atoms with E-state index in [1.165, 1.54) is 11.6 Å². The molecule has 2 aromatic carbocycles. The molecule has 0 heterocycles. The van der Waals surface area contributed by atoms with E-state index in [0.717, 1.165) is 22.9 Å². The topological polar surface area (TPSA) is 12.0 Å². The first-order chi connectivity index (χ1) is 9.60. The first-order valence-corrected chi connectivity index (χ1v) is 7.70. The summed E-state index contributed by atoms with van der Waals surface area (Å²) in [7, 11) is 0. The molecule has 0 amide bonds. The van der Waals surface area contributed by atoms with Crippen molar-refractivity contribution in [3.63, 3.8) is 0 Å². The third kappa shape index (κ3) is 3.83. The second-order valence-electron chi connectivity index (χ2n) is 4.98. The first-order valence-electron chi connectivity index (χ1n) is 6.90. The lowest BCUT2D eigenvalue weighted by Gasteiger charge is -2.17. The fraction of sp³-hybridized carbons (Fsp3) is 0.294. The van der Waals surface area contributed by atoms with Crippen LogP contribution in [0.3, 0.4) is 0 Å². The van der Waals surface area contributed by atoms with Crippen LogP contribution in [0.2, 0.25) is 0 Å². The largest absolute Gasteiger partial charge is 0.376 e. The van der Waals surface area contributed by atoms with Crippen LogP contribution >= 0.6 is 15.9 Å². The zero-order valence-corrected chi connectivity index (χ0v) is 13.4. The Morgan fingerprint density at radius 3 is 2.50 bits per heavy atom. The highest BCUT2D eigenvalue weighted by molar-refractivity contribution is 9.10. The van der Waals surface area contributed by atoms with Gasteiger partial charge >= 0.3 is 0 Å². The predicted octanol–water partition coefficient (Wildman–Crippen LogP) is 5.71. The summed E-state index contributed by atoms with van der Waals surface area (Å²) in [4.78, 5) is 0. The highest BCUT2D eigenvalue weighted by atomic mass is 79.9. The van der Waals surface area contributed by atoms with Gasteiger partial charge in [-0.25, -0.2) is 4.39 Å². The summed E-state index contributed by atoms with van der Waals surface area (Å²) in [5, 5.41) is 3.21. The predicted molar refractivity (Wildman–Crippen MR) is 86.6 cm³/mol. The van der Waals surface area contributed by atoms with Crippen molar-refractivity contribution in [2.75, 3.05) is 5.32 Å². The molecule has 1 N–H and O–H groups in total. The van der Waals surface area contributed by atoms with E-state index in [2.05, 4.69) is 52.4 Å². The van der Waals surface area contributed by atoms with Crippen LogP contribution in [0.4, 0.5) is 10.1 Å². The summed E-state index contributed by atoms with van der Waals surface area (Å²) in [6.07, 6.45) is 2.25. The smallest absolute Gasteiger partial charge is 0.146 e. The molecule has 0 spiro atoms. The third-order valence-corrected chi connectivity index (χ3v) is 3.81. The molecule has 0 aliphatic carbocycles. The molecule has 0 bridgehead atoms. The molecule has 1 unspecified atom stereocenters. The van der Waals surface area contributed by atoms with Crippen LogP contribution in [0.1, 0.15) is 37.4 Å². The van der Waals surface area contributed by atoms with Crippen LogP contribution < -0.4 is 5.32 Å². The lowest BCUT2D eigenvalue weighted by molar-refractivity contribution is 0.627.